The molecule has 106 valence electrons. The van der Waals surface area contributed by atoms with Gasteiger partial charge in [0.1, 0.15) is 17.7 Å². The highest BCUT2D eigenvalue weighted by molar-refractivity contribution is 5.37. The Balaban J connectivity index is 1.61. The molecule has 0 bridgehead atoms. The molecule has 0 saturated heterocycles. The summed E-state index contributed by atoms with van der Waals surface area (Å²) < 4.78 is 20.9. The van der Waals surface area contributed by atoms with E-state index in [1.807, 2.05) is 16.9 Å². The van der Waals surface area contributed by atoms with Gasteiger partial charge in [0.05, 0.1) is 12.2 Å². The van der Waals surface area contributed by atoms with E-state index in [1.165, 1.54) is 6.07 Å². The number of rotatable bonds is 5. The molecule has 0 saturated carbocycles. The van der Waals surface area contributed by atoms with Gasteiger partial charge in [-0.3, -0.25) is 4.68 Å². The largest absolute Gasteiger partial charge is 0.488 e. The molecule has 1 aliphatic rings. The van der Waals surface area contributed by atoms with Crippen molar-refractivity contribution in [3.05, 3.63) is 47.5 Å². The van der Waals surface area contributed by atoms with E-state index >= 15 is 0 Å². The maximum absolute atomic E-state index is 13.2. The minimum absolute atomic E-state index is 0.0266. The predicted molar refractivity (Wildman–Crippen MR) is 74.1 cm³/mol. The van der Waals surface area contributed by atoms with Crippen LogP contribution >= 0.6 is 0 Å². The molecule has 5 heteroatoms. The number of nitrogens with one attached hydrogen (secondary N) is 1. The van der Waals surface area contributed by atoms with Gasteiger partial charge in [-0.25, -0.2) is 4.39 Å². The van der Waals surface area contributed by atoms with Crippen LogP contribution in [0.2, 0.25) is 0 Å². The Morgan fingerprint density at radius 2 is 2.35 bits per heavy atom. The Hall–Kier alpha value is -1.88. The highest BCUT2D eigenvalue weighted by atomic mass is 19.1. The van der Waals surface area contributed by atoms with Gasteiger partial charge in [0.15, 0.2) is 0 Å². The molecule has 2 aromatic rings. The van der Waals surface area contributed by atoms with E-state index < -0.39 is 0 Å². The molecule has 2 heterocycles. The van der Waals surface area contributed by atoms with Crippen LogP contribution in [0.15, 0.2) is 30.5 Å². The topological polar surface area (TPSA) is 39.1 Å². The van der Waals surface area contributed by atoms with Crippen LogP contribution in [-0.2, 0) is 19.5 Å². The summed E-state index contributed by atoms with van der Waals surface area (Å²) in [6.45, 7) is 4.46. The van der Waals surface area contributed by atoms with Crippen LogP contribution in [-0.4, -0.2) is 22.4 Å². The maximum Gasteiger partial charge on any atom is 0.123 e. The summed E-state index contributed by atoms with van der Waals surface area (Å²) >= 11 is 0. The summed E-state index contributed by atoms with van der Waals surface area (Å²) in [7, 11) is 0. The number of ether oxygens (including phenoxy) is 1. The average molecular weight is 275 g/mol. The van der Waals surface area contributed by atoms with E-state index in [1.54, 1.807) is 12.1 Å². The van der Waals surface area contributed by atoms with Crippen LogP contribution < -0.4 is 10.1 Å². The lowest BCUT2D eigenvalue weighted by Gasteiger charge is -2.10. The quantitative estimate of drug-likeness (QED) is 0.908. The molecule has 0 amide bonds. The van der Waals surface area contributed by atoms with Gasteiger partial charge in [-0.1, -0.05) is 6.92 Å². The van der Waals surface area contributed by atoms with Crippen molar-refractivity contribution in [2.75, 3.05) is 6.54 Å². The van der Waals surface area contributed by atoms with E-state index in [0.717, 1.165) is 36.5 Å². The highest BCUT2D eigenvalue weighted by Gasteiger charge is 2.23. The maximum atomic E-state index is 13.2. The number of halogens is 1. The van der Waals surface area contributed by atoms with Crippen LogP contribution in [0.5, 0.6) is 5.75 Å². The summed E-state index contributed by atoms with van der Waals surface area (Å²) in [4.78, 5) is 0. The van der Waals surface area contributed by atoms with Gasteiger partial charge in [-0.2, -0.15) is 5.10 Å². The molecule has 0 fully saturated rings. The molecule has 0 radical (unpaired) electrons. The smallest absolute Gasteiger partial charge is 0.123 e. The lowest BCUT2D eigenvalue weighted by atomic mass is 10.1. The van der Waals surface area contributed by atoms with E-state index in [9.17, 15) is 4.39 Å². The molecule has 1 aromatic heterocycles. The van der Waals surface area contributed by atoms with E-state index in [4.69, 9.17) is 4.74 Å². The van der Waals surface area contributed by atoms with Gasteiger partial charge in [0.25, 0.3) is 0 Å². The number of nitrogens with zero attached hydrogens (tertiary/aromatic N) is 2. The molecular formula is C15H18FN3O. The van der Waals surface area contributed by atoms with Crippen LogP contribution in [0.25, 0.3) is 0 Å². The third-order valence-electron chi connectivity index (χ3n) is 3.41. The van der Waals surface area contributed by atoms with Crippen molar-refractivity contribution in [3.63, 3.8) is 0 Å². The molecule has 1 aliphatic heterocycles. The van der Waals surface area contributed by atoms with Gasteiger partial charge in [-0.15, -0.1) is 0 Å². The Morgan fingerprint density at radius 1 is 1.45 bits per heavy atom. The van der Waals surface area contributed by atoms with Crippen LogP contribution in [0, 0.1) is 5.82 Å². The molecule has 3 rings (SSSR count). The van der Waals surface area contributed by atoms with Crippen molar-refractivity contribution in [1.82, 2.24) is 15.1 Å². The monoisotopic (exact) mass is 275 g/mol. The lowest BCUT2D eigenvalue weighted by molar-refractivity contribution is 0.203. The number of hydrogen-bond acceptors (Lipinski definition) is 3. The van der Waals surface area contributed by atoms with Gasteiger partial charge >= 0.3 is 0 Å². The van der Waals surface area contributed by atoms with Crippen molar-refractivity contribution in [2.45, 2.75) is 32.5 Å². The van der Waals surface area contributed by atoms with Gasteiger partial charge < -0.3 is 10.1 Å². The van der Waals surface area contributed by atoms with Gasteiger partial charge in [0, 0.05) is 24.7 Å². The summed E-state index contributed by atoms with van der Waals surface area (Å²) in [5, 5.41) is 7.73. The molecule has 20 heavy (non-hydrogen) atoms. The first-order valence-corrected chi connectivity index (χ1v) is 6.92. The minimum Gasteiger partial charge on any atom is -0.488 e. The van der Waals surface area contributed by atoms with Crippen molar-refractivity contribution in [1.29, 1.82) is 0 Å². The number of aromatic nitrogens is 2. The first kappa shape index (κ1) is 13.1. The Bertz CT molecular complexity index is 597. The fourth-order valence-electron chi connectivity index (χ4n) is 2.45. The zero-order valence-electron chi connectivity index (χ0n) is 11.5. The summed E-state index contributed by atoms with van der Waals surface area (Å²) in [5.41, 5.74) is 1.96. The van der Waals surface area contributed by atoms with E-state index in [-0.39, 0.29) is 11.9 Å². The fraction of sp³-hybridized carbons (Fsp3) is 0.400. The standard InChI is InChI=1S/C15H18FN3O/c1-2-17-9-13-5-6-19(18-13)10-14-8-11-7-12(16)3-4-15(11)20-14/h3-7,14,17H,2,8-10H2,1H3. The van der Waals surface area contributed by atoms with E-state index in [0.29, 0.717) is 6.54 Å². The zero-order valence-corrected chi connectivity index (χ0v) is 11.5. The summed E-state index contributed by atoms with van der Waals surface area (Å²) in [6, 6.07) is 6.69. The normalized spacial score (nSPS) is 17.0. The van der Waals surface area contributed by atoms with Crippen molar-refractivity contribution < 1.29 is 9.13 Å². The Labute approximate surface area is 117 Å². The summed E-state index contributed by atoms with van der Waals surface area (Å²) in [5.74, 6) is 0.580. The molecule has 1 aromatic carbocycles. The summed E-state index contributed by atoms with van der Waals surface area (Å²) in [6.07, 6.45) is 2.72. The number of hydrogen-bond donors (Lipinski definition) is 1. The predicted octanol–water partition coefficient (Wildman–Crippen LogP) is 2.14. The second kappa shape index (κ2) is 5.63. The highest BCUT2D eigenvalue weighted by Crippen LogP contribution is 2.29. The SMILES string of the molecule is CCNCc1ccn(CC2Cc3cc(F)ccc3O2)n1. The molecule has 1 unspecified atom stereocenters. The average Bonchev–Trinajstić information content (AvgIpc) is 3.02. The van der Waals surface area contributed by atoms with Crippen molar-refractivity contribution in [3.8, 4) is 5.75 Å². The second-order valence-corrected chi connectivity index (χ2v) is 5.01. The van der Waals surface area contributed by atoms with Crippen molar-refractivity contribution >= 4 is 0 Å². The molecule has 0 spiro atoms. The molecular weight excluding hydrogens is 257 g/mol. The third-order valence-corrected chi connectivity index (χ3v) is 3.41. The fourth-order valence-corrected chi connectivity index (χ4v) is 2.45. The van der Waals surface area contributed by atoms with Gasteiger partial charge in [0.2, 0.25) is 0 Å². The van der Waals surface area contributed by atoms with Gasteiger partial charge in [-0.05, 0) is 30.8 Å². The van der Waals surface area contributed by atoms with Crippen LogP contribution in [0.4, 0.5) is 4.39 Å². The molecule has 0 aliphatic carbocycles. The first-order chi connectivity index (χ1) is 9.74. The first-order valence-electron chi connectivity index (χ1n) is 6.92. The van der Waals surface area contributed by atoms with Crippen LogP contribution in [0.3, 0.4) is 0 Å². The molecule has 1 N–H and O–H groups in total. The third kappa shape index (κ3) is 2.82. The van der Waals surface area contributed by atoms with Crippen molar-refractivity contribution in [2.24, 2.45) is 0 Å². The Morgan fingerprint density at radius 3 is 3.20 bits per heavy atom. The second-order valence-electron chi connectivity index (χ2n) is 5.01. The Kier molecular flexibility index (Phi) is 3.69. The number of fused-ring (bicyclic) bond motifs is 1. The molecule has 4 nitrogen and oxygen atoms in total. The number of benzene rings is 1. The van der Waals surface area contributed by atoms with E-state index in [2.05, 4.69) is 17.3 Å². The zero-order chi connectivity index (χ0) is 13.9. The lowest BCUT2D eigenvalue weighted by Crippen LogP contribution is -2.21. The van der Waals surface area contributed by atoms with Crippen LogP contribution in [0.1, 0.15) is 18.2 Å². The minimum atomic E-state index is -0.208. The molecule has 1 atom stereocenters.